The molecule has 9 aliphatic rings. The van der Waals surface area contributed by atoms with Crippen LogP contribution in [0, 0.1) is 69.5 Å². The first kappa shape index (κ1) is 38.9. The fourth-order valence-electron chi connectivity index (χ4n) is 15.9. The number of nitrogens with one attached hydrogen (secondary N) is 1. The fraction of sp³-hybridized carbons (Fsp3) is 0.739. The van der Waals surface area contributed by atoms with Gasteiger partial charge in [0.25, 0.3) is 0 Å². The molecule has 304 valence electrons. The van der Waals surface area contributed by atoms with Gasteiger partial charge < -0.3 is 45.5 Å². The molecule has 8 aliphatic carbocycles. The van der Waals surface area contributed by atoms with Gasteiger partial charge >= 0.3 is 5.97 Å². The number of aldehydes is 1. The first-order chi connectivity index (χ1) is 26.8. The minimum Gasteiger partial charge on any atom is -0.454 e. The molecule has 15 atom stereocenters. The van der Waals surface area contributed by atoms with E-state index in [1.807, 2.05) is 25.2 Å². The Kier molecular flexibility index (Phi) is 9.16. The lowest BCUT2D eigenvalue weighted by molar-refractivity contribution is -0.348. The monoisotopic (exact) mass is 771 g/mol. The summed E-state index contributed by atoms with van der Waals surface area (Å²) in [7, 11) is 1.88. The number of likely N-dealkylation sites (N-methyl/N-ethyl adjacent to an activating group) is 1. The molecule has 10 nitrogen and oxygen atoms in total. The Morgan fingerprint density at radius 3 is 2.54 bits per heavy atom. The lowest BCUT2D eigenvalue weighted by Crippen LogP contribution is -2.81. The van der Waals surface area contributed by atoms with Crippen molar-refractivity contribution in [3.63, 3.8) is 0 Å². The molecular weight excluding hydrogens is 711 g/mol. The van der Waals surface area contributed by atoms with Gasteiger partial charge in [0.2, 0.25) is 0 Å². The molecule has 1 aromatic rings. The Bertz CT molecular complexity index is 1890. The topological polar surface area (TPSA) is 177 Å². The van der Waals surface area contributed by atoms with Crippen LogP contribution in [0.3, 0.4) is 0 Å². The molecule has 10 heteroatoms. The zero-order chi connectivity index (χ0) is 39.6. The third-order valence-electron chi connectivity index (χ3n) is 18.2. The Labute approximate surface area is 330 Å². The minimum absolute atomic E-state index is 0.0755. The van der Waals surface area contributed by atoms with Gasteiger partial charge in [-0.25, -0.2) is 4.79 Å². The molecule has 6 saturated carbocycles. The number of aliphatic hydroxyl groups excluding tert-OH is 3. The van der Waals surface area contributed by atoms with E-state index in [0.717, 1.165) is 29.4 Å². The third kappa shape index (κ3) is 4.60. The number of ether oxygens (including phenoxy) is 1. The van der Waals surface area contributed by atoms with E-state index in [4.69, 9.17) is 4.74 Å². The average Bonchev–Trinajstić information content (AvgIpc) is 3.62. The van der Waals surface area contributed by atoms with Crippen molar-refractivity contribution in [2.24, 2.45) is 57.7 Å². The smallest absolute Gasteiger partial charge is 0.331 e. The van der Waals surface area contributed by atoms with Crippen LogP contribution in [0.5, 0.6) is 0 Å². The molecule has 0 amide bonds. The highest BCUT2D eigenvalue weighted by atomic mass is 16.5. The van der Waals surface area contributed by atoms with Crippen molar-refractivity contribution in [3.8, 4) is 11.8 Å². The molecule has 1 aliphatic heterocycles. The van der Waals surface area contributed by atoms with Gasteiger partial charge in [0.05, 0.1) is 35.9 Å². The number of carbonyl (C=O) groups is 2. The summed E-state index contributed by atoms with van der Waals surface area (Å²) in [6, 6.07) is 5.54. The van der Waals surface area contributed by atoms with Crippen LogP contribution < -0.4 is 5.32 Å². The number of carbonyl (C=O) groups excluding carboxylic acids is 2. The molecule has 0 saturated heterocycles. The van der Waals surface area contributed by atoms with E-state index in [1.165, 1.54) is 0 Å². The van der Waals surface area contributed by atoms with Crippen molar-refractivity contribution < 1.29 is 45.0 Å². The van der Waals surface area contributed by atoms with E-state index in [0.29, 0.717) is 63.4 Å². The van der Waals surface area contributed by atoms with Crippen LogP contribution in [0.25, 0.3) is 0 Å². The first-order valence-corrected chi connectivity index (χ1v) is 21.5. The average molecular weight is 772 g/mol. The normalized spacial score (nSPS) is 48.9. The minimum atomic E-state index is -1.83. The number of fused-ring (bicyclic) bond motifs is 6. The first-order valence-electron chi connectivity index (χ1n) is 21.5. The Morgan fingerprint density at radius 2 is 1.82 bits per heavy atom. The molecule has 56 heavy (non-hydrogen) atoms. The van der Waals surface area contributed by atoms with E-state index in [9.17, 15) is 40.2 Å². The van der Waals surface area contributed by atoms with Crippen molar-refractivity contribution in [2.45, 2.75) is 139 Å². The van der Waals surface area contributed by atoms with E-state index in [2.05, 4.69) is 31.0 Å². The lowest BCUT2D eigenvalue weighted by atomic mass is 9.34. The number of hydrogen-bond acceptors (Lipinski definition) is 10. The molecular formula is C46H61NO9. The van der Waals surface area contributed by atoms with Crippen molar-refractivity contribution in [1.82, 2.24) is 5.32 Å². The summed E-state index contributed by atoms with van der Waals surface area (Å²) in [6.07, 6.45) is 6.11. The van der Waals surface area contributed by atoms with Crippen LogP contribution in [-0.2, 0) is 27.4 Å². The molecule has 1 spiro atoms. The molecule has 7 N–H and O–H groups in total. The molecule has 1 aromatic carbocycles. The predicted molar refractivity (Wildman–Crippen MR) is 206 cm³/mol. The highest BCUT2D eigenvalue weighted by Gasteiger charge is 2.85. The largest absolute Gasteiger partial charge is 0.454 e. The number of aliphatic hydroxyl groups is 6. The fourth-order valence-corrected chi connectivity index (χ4v) is 15.9. The maximum absolute atomic E-state index is 14.1. The summed E-state index contributed by atoms with van der Waals surface area (Å²) in [5.41, 5.74) is -5.64. The van der Waals surface area contributed by atoms with Gasteiger partial charge in [-0.15, -0.1) is 0 Å². The van der Waals surface area contributed by atoms with Gasteiger partial charge in [0.15, 0.2) is 0 Å². The van der Waals surface area contributed by atoms with Crippen LogP contribution in [0.1, 0.15) is 108 Å². The molecule has 6 fully saturated rings. The van der Waals surface area contributed by atoms with Crippen LogP contribution in [-0.4, -0.2) is 91.6 Å². The van der Waals surface area contributed by atoms with E-state index in [-0.39, 0.29) is 62.2 Å². The molecule has 10 rings (SSSR count). The summed E-state index contributed by atoms with van der Waals surface area (Å²) >= 11 is 0. The standard InChI is InChI=1S/C46H61NO9/c1-26(2)28-10-11-34-37(51)12-15-41(24-49)38-13-16-42-14-5-4-7-27-8-6-9-29(23-48)32(27)19-36(47-3)33-18-30(43(42,25-50)35-20-39(52)56-40(33)35)22-45(42,54)44(38,53)21-31(17-28)46(34,41)55/h6,8-9,20,24,26,28,30-31,33-34,36-38,40,47-48,50-51,53-55H,5,10-19,21-23,25H2,1-3H3. The van der Waals surface area contributed by atoms with E-state index < -0.39 is 69.0 Å². The number of hydrogen-bond donors (Lipinski definition) is 7. The molecule has 0 aromatic heterocycles. The summed E-state index contributed by atoms with van der Waals surface area (Å²) in [5, 5.41) is 78.9. The zero-order valence-electron chi connectivity index (χ0n) is 33.2. The van der Waals surface area contributed by atoms with Crippen LogP contribution in [0.15, 0.2) is 29.8 Å². The van der Waals surface area contributed by atoms with Crippen molar-refractivity contribution >= 4 is 12.3 Å². The SMILES string of the molecule is CNC1Cc2c(cccc2CO)C#CCCC23CCC4C(O)(CC5CC(C(C)C)CCC6C(O)CCC4(C=O)C56O)C2(O)CC2CC1C1OC(=O)C=C1C23CO. The summed E-state index contributed by atoms with van der Waals surface area (Å²) in [5.74, 6) is 4.36. The second-order valence-corrected chi connectivity index (χ2v) is 19.8. The second kappa shape index (κ2) is 13.2. The quantitative estimate of drug-likeness (QED) is 0.134. The predicted octanol–water partition coefficient (Wildman–Crippen LogP) is 3.35. The Balaban J connectivity index is 1.26. The van der Waals surface area contributed by atoms with E-state index >= 15 is 0 Å². The highest BCUT2D eigenvalue weighted by Crippen LogP contribution is 2.80. The molecule has 1 heterocycles. The number of rotatable bonds is 5. The van der Waals surface area contributed by atoms with Gasteiger partial charge in [-0.1, -0.05) is 37.8 Å². The van der Waals surface area contributed by atoms with Crippen molar-refractivity contribution in [3.05, 3.63) is 46.5 Å². The van der Waals surface area contributed by atoms with Gasteiger partial charge in [-0.2, -0.15) is 0 Å². The van der Waals surface area contributed by atoms with Gasteiger partial charge in [0, 0.05) is 52.7 Å². The molecule has 15 unspecified atom stereocenters. The molecule has 0 radical (unpaired) electrons. The summed E-state index contributed by atoms with van der Waals surface area (Å²) < 4.78 is 6.22. The maximum Gasteiger partial charge on any atom is 0.331 e. The van der Waals surface area contributed by atoms with Crippen molar-refractivity contribution in [1.29, 1.82) is 0 Å². The van der Waals surface area contributed by atoms with Gasteiger partial charge in [-0.3, -0.25) is 0 Å². The van der Waals surface area contributed by atoms with Gasteiger partial charge in [-0.05, 0) is 131 Å². The number of esters is 1. The Morgan fingerprint density at radius 1 is 1.02 bits per heavy atom. The van der Waals surface area contributed by atoms with Crippen LogP contribution in [0.4, 0.5) is 0 Å². The third-order valence-corrected chi connectivity index (χ3v) is 18.2. The van der Waals surface area contributed by atoms with Crippen molar-refractivity contribution in [2.75, 3.05) is 13.7 Å². The molecule has 4 bridgehead atoms. The number of benzene rings is 1. The van der Waals surface area contributed by atoms with E-state index in [1.54, 1.807) is 6.08 Å². The zero-order valence-corrected chi connectivity index (χ0v) is 33.2. The maximum atomic E-state index is 14.1. The van der Waals surface area contributed by atoms with Gasteiger partial charge in [0.1, 0.15) is 18.0 Å². The Hall–Kier alpha value is -2.62. The van der Waals surface area contributed by atoms with Crippen LogP contribution >= 0.6 is 0 Å². The highest BCUT2D eigenvalue weighted by molar-refractivity contribution is 5.87. The lowest BCUT2D eigenvalue weighted by Gasteiger charge is -2.72. The second-order valence-electron chi connectivity index (χ2n) is 19.8. The van der Waals surface area contributed by atoms with Crippen LogP contribution in [0.2, 0.25) is 0 Å². The summed E-state index contributed by atoms with van der Waals surface area (Å²) in [6.45, 7) is 3.84. The summed E-state index contributed by atoms with van der Waals surface area (Å²) in [4.78, 5) is 27.5.